The third-order valence-electron chi connectivity index (χ3n) is 14.9. The number of benzene rings is 7. The minimum Gasteiger partial charge on any atom is -0.496 e. The molecule has 100 heavy (non-hydrogen) atoms. The minimum absolute atomic E-state index is 0.0555. The molecular weight excluding hydrogens is 1300 g/mol. The van der Waals surface area contributed by atoms with Crippen LogP contribution in [0.25, 0.3) is 56.9 Å². The van der Waals surface area contributed by atoms with E-state index in [1.165, 1.54) is 54.1 Å². The predicted molar refractivity (Wildman–Crippen MR) is 393 cm³/mol. The lowest BCUT2D eigenvalue weighted by Gasteiger charge is -2.18. The van der Waals surface area contributed by atoms with Gasteiger partial charge in [0.25, 0.3) is 0 Å². The van der Waals surface area contributed by atoms with Crippen molar-refractivity contribution in [3.63, 3.8) is 0 Å². The highest BCUT2D eigenvalue weighted by Crippen LogP contribution is 2.33. The first-order chi connectivity index (χ1) is 48.3. The summed E-state index contributed by atoms with van der Waals surface area (Å²) in [6.45, 7) is 16.4. The number of thioether (sulfide) groups is 2. The van der Waals surface area contributed by atoms with Crippen molar-refractivity contribution in [2.45, 2.75) is 128 Å². The maximum Gasteiger partial charge on any atom is 0.313 e. The number of carbonyl (C=O) groups excluding carboxylic acids is 1. The molecule has 1 saturated carbocycles. The van der Waals surface area contributed by atoms with Gasteiger partial charge in [0.05, 0.1) is 47.5 Å². The number of aryl methyl sites for hydroxylation is 1. The van der Waals surface area contributed by atoms with Crippen molar-refractivity contribution in [2.24, 2.45) is 5.73 Å². The van der Waals surface area contributed by atoms with Crippen molar-refractivity contribution in [1.29, 1.82) is 0 Å². The molecule has 1 amide bonds. The number of nitrogens with zero attached hydrogens (tertiary/aromatic N) is 10. The summed E-state index contributed by atoms with van der Waals surface area (Å²) in [5.74, 6) is 6.96. The molecule has 0 saturated heterocycles. The van der Waals surface area contributed by atoms with Crippen LogP contribution >= 0.6 is 23.5 Å². The fraction of sp³-hybridized carbons (Fsp3) is 0.280. The second-order valence-electron chi connectivity index (χ2n) is 24.7. The molecule has 0 bridgehead atoms. The Hall–Kier alpha value is -10.9. The topological polar surface area (TPSA) is 328 Å². The van der Waals surface area contributed by atoms with E-state index < -0.39 is 11.9 Å². The lowest BCUT2D eigenvalue weighted by atomic mass is 9.87. The highest BCUT2D eigenvalue weighted by molar-refractivity contribution is 8.00. The van der Waals surface area contributed by atoms with Gasteiger partial charge in [-0.05, 0) is 118 Å². The molecule has 0 aliphatic heterocycles. The van der Waals surface area contributed by atoms with Crippen LogP contribution in [0, 0.1) is 6.92 Å². The van der Waals surface area contributed by atoms with Crippen molar-refractivity contribution < 1.29 is 28.9 Å². The number of aromatic nitrogens is 15. The van der Waals surface area contributed by atoms with E-state index in [0.717, 1.165) is 98.7 Å². The third kappa shape index (κ3) is 22.6. The Kier molecular flexibility index (Phi) is 26.8. The summed E-state index contributed by atoms with van der Waals surface area (Å²) in [4.78, 5) is 43.4. The Bertz CT molecular complexity index is 4360. The van der Waals surface area contributed by atoms with Crippen molar-refractivity contribution in [3.8, 4) is 74.2 Å². The number of carboxylic acid groups (broad SMARTS) is 1. The Morgan fingerprint density at radius 2 is 0.980 bits per heavy atom. The van der Waals surface area contributed by atoms with Gasteiger partial charge in [0.1, 0.15) is 34.7 Å². The second-order valence-corrected chi connectivity index (χ2v) is 26.6. The van der Waals surface area contributed by atoms with Crippen molar-refractivity contribution >= 4 is 41.1 Å². The number of anilines is 1. The van der Waals surface area contributed by atoms with Gasteiger partial charge >= 0.3 is 5.97 Å². The number of aromatic amines is 5. The number of amides is 1. The number of rotatable bonds is 22. The van der Waals surface area contributed by atoms with E-state index in [0.29, 0.717) is 39.6 Å². The first-order valence-electron chi connectivity index (χ1n) is 32.9. The van der Waals surface area contributed by atoms with E-state index in [-0.39, 0.29) is 29.1 Å². The first kappa shape index (κ1) is 73.3. The number of para-hydroxylation sites is 4. The van der Waals surface area contributed by atoms with Crippen molar-refractivity contribution in [3.05, 3.63) is 216 Å². The molecule has 0 atom stereocenters. The van der Waals surface area contributed by atoms with Crippen LogP contribution in [0.1, 0.15) is 108 Å². The fourth-order valence-electron chi connectivity index (χ4n) is 10.2. The molecule has 1 fully saturated rings. The summed E-state index contributed by atoms with van der Waals surface area (Å²) in [6, 6.07) is 60.7. The Labute approximate surface area is 590 Å². The zero-order chi connectivity index (χ0) is 70.8. The van der Waals surface area contributed by atoms with E-state index in [9.17, 15) is 9.59 Å². The number of carbonyl (C=O) groups is 2. The van der Waals surface area contributed by atoms with Crippen LogP contribution in [0.5, 0.6) is 17.2 Å². The van der Waals surface area contributed by atoms with Gasteiger partial charge in [-0.2, -0.15) is 15.3 Å². The molecule has 25 heteroatoms. The van der Waals surface area contributed by atoms with Crippen molar-refractivity contribution in [2.75, 3.05) is 23.9 Å². The number of ether oxygens (including phenoxy) is 3. The summed E-state index contributed by atoms with van der Waals surface area (Å²) in [5, 5.41) is 48.6. The summed E-state index contributed by atoms with van der Waals surface area (Å²) < 4.78 is 16.8. The summed E-state index contributed by atoms with van der Waals surface area (Å²) in [6.07, 6.45) is 6.83. The lowest BCUT2D eigenvalue weighted by Crippen LogP contribution is -2.15. The molecule has 0 radical (unpaired) electrons. The van der Waals surface area contributed by atoms with Gasteiger partial charge in [0, 0.05) is 35.7 Å². The van der Waals surface area contributed by atoms with Gasteiger partial charge in [0.2, 0.25) is 16.2 Å². The summed E-state index contributed by atoms with van der Waals surface area (Å²) in [5.41, 5.74) is 14.8. The Morgan fingerprint density at radius 3 is 1.47 bits per heavy atom. The van der Waals surface area contributed by atoms with Gasteiger partial charge < -0.3 is 30.4 Å². The average Bonchev–Trinajstić information content (AvgIpc) is 1.63. The zero-order valence-corrected chi connectivity index (χ0v) is 59.2. The maximum atomic E-state index is 10.7. The Morgan fingerprint density at radius 1 is 0.530 bits per heavy atom. The summed E-state index contributed by atoms with van der Waals surface area (Å²) in [7, 11) is 1.65. The number of primary amides is 1. The zero-order valence-electron chi connectivity index (χ0n) is 57.6. The largest absolute Gasteiger partial charge is 0.496 e. The molecule has 9 N–H and O–H groups in total. The van der Waals surface area contributed by atoms with Crippen LogP contribution in [-0.2, 0) is 27.8 Å². The van der Waals surface area contributed by atoms with Gasteiger partial charge in [-0.25, -0.2) is 24.9 Å². The molecule has 13 rings (SSSR count). The van der Waals surface area contributed by atoms with E-state index in [1.807, 2.05) is 150 Å². The average molecular weight is 1380 g/mol. The number of H-pyrrole nitrogens is 5. The van der Waals surface area contributed by atoms with E-state index in [4.69, 9.17) is 25.1 Å². The quantitative estimate of drug-likeness (QED) is 0.0292. The summed E-state index contributed by atoms with van der Waals surface area (Å²) >= 11 is 2.26. The van der Waals surface area contributed by atoms with Gasteiger partial charge in [0.15, 0.2) is 29.1 Å². The van der Waals surface area contributed by atoms with Crippen LogP contribution in [0.15, 0.2) is 192 Å². The van der Waals surface area contributed by atoms with Gasteiger partial charge in [-0.3, -0.25) is 35.1 Å². The number of nitrogens with one attached hydrogen (secondary N) is 6. The van der Waals surface area contributed by atoms with Crippen LogP contribution < -0.4 is 25.3 Å². The molecule has 518 valence electrons. The molecule has 1 aliphatic rings. The molecule has 1 aliphatic carbocycles. The molecule has 12 aromatic rings. The minimum atomic E-state index is -0.898. The van der Waals surface area contributed by atoms with Crippen LogP contribution in [0.2, 0.25) is 0 Å². The molecule has 5 aromatic heterocycles. The molecule has 23 nitrogen and oxygen atoms in total. The molecular formula is C75H85N17O6S2. The number of hydrogen-bond acceptors (Lipinski definition) is 18. The van der Waals surface area contributed by atoms with E-state index >= 15 is 0 Å². The third-order valence-corrected chi connectivity index (χ3v) is 16.6. The number of nitrogens with two attached hydrogens (primary N) is 1. The number of aliphatic carboxylic acids is 1. The predicted octanol–water partition coefficient (Wildman–Crippen LogP) is 14.8. The molecule has 5 heterocycles. The number of hydrogen-bond donors (Lipinski definition) is 8. The maximum absolute atomic E-state index is 10.7. The second kappa shape index (κ2) is 36.6. The molecule has 0 unspecified atom stereocenters. The van der Waals surface area contributed by atoms with Gasteiger partial charge in [-0.15, -0.1) is 10.2 Å². The van der Waals surface area contributed by atoms with Crippen molar-refractivity contribution in [1.82, 2.24) is 75.9 Å². The van der Waals surface area contributed by atoms with Gasteiger partial charge in [-0.1, -0.05) is 191 Å². The molecule has 0 spiro atoms. The van der Waals surface area contributed by atoms with Crippen LogP contribution in [-0.4, -0.2) is 130 Å². The fourth-order valence-corrected chi connectivity index (χ4v) is 11.3. The van der Waals surface area contributed by atoms with E-state index in [1.54, 1.807) is 7.11 Å². The SMILES string of the molecule is CC(C)(C)c1ccc(-c2n[nH]c(Cc3ccccc3)n2)cc1.CC(C)Oc1ccccc1-c1nc(SCC(=O)O)n[nH]1.CC(C)Oc1ccccc1-c1nc(SCC(N)=O)n[nH]1.COc1ccccc1-c1n[nH]c(Cc2ccccc2)n1.Cc1nc(-c2ccccc2NC2CCCC2)n[nH]1. The highest BCUT2D eigenvalue weighted by Gasteiger charge is 2.20. The highest BCUT2D eigenvalue weighted by atomic mass is 32.2. The monoisotopic (exact) mass is 1380 g/mol. The lowest BCUT2D eigenvalue weighted by molar-refractivity contribution is -0.134. The van der Waals surface area contributed by atoms with E-state index in [2.05, 4.69) is 169 Å². The normalized spacial score (nSPS) is 11.8. The van der Waals surface area contributed by atoms with Crippen LogP contribution in [0.3, 0.4) is 0 Å². The number of methoxy groups -OCH3 is 1. The molecule has 7 aromatic carbocycles. The smallest absolute Gasteiger partial charge is 0.313 e. The Balaban J connectivity index is 0.000000146. The number of carboxylic acids is 1. The first-order valence-corrected chi connectivity index (χ1v) is 34.8. The van der Waals surface area contributed by atoms with Crippen LogP contribution in [0.4, 0.5) is 5.69 Å². The standard InChI is InChI=1S/C19H21N3.C16H15N3O.C14H18N4.C13H16N4O2S.C13H15N3O3S/c1-19(2,3)16-11-9-15(10-12-16)18-20-17(21-22-18)13-14-7-5-4-6-8-14;1-20-14-10-6-5-9-13(14)16-17-15(18-19-16)11-12-7-3-2-4-8-12;1-10-15-14(18-17-10)12-8-4-5-9-13(12)16-11-6-2-3-7-11;1-8(2)19-10-6-4-3-5-9(10)12-15-13(17-16-12)20-7-11(14)18;1-8(2)19-10-6-4-3-5-9(10)12-14-13(16-15-12)20-7-11(17)18/h4-12H,13H2,1-3H3,(H,20,21,22);2-10H,11H2,1H3,(H,17,18,19);4-5,8-9,11,16H,2-3,6-7H2,1H3,(H,15,17,18);3-6,8H,7H2,1-2H3,(H2,14,18)(H,15,16,17);3-6,8H,7H2,1-2H3,(H,17,18)(H,14,15,16).